The van der Waals surface area contributed by atoms with Crippen LogP contribution in [0.2, 0.25) is 5.02 Å². The molecular weight excluding hydrogens is 515 g/mol. The van der Waals surface area contributed by atoms with Crippen molar-refractivity contribution in [3.63, 3.8) is 0 Å². The number of halogens is 4. The topological polar surface area (TPSA) is 93.3 Å². The van der Waals surface area contributed by atoms with Crippen LogP contribution in [0.5, 0.6) is 5.88 Å². The summed E-state index contributed by atoms with van der Waals surface area (Å²) in [6.07, 6.45) is -3.78. The number of thiazole rings is 1. The first-order valence-electron chi connectivity index (χ1n) is 11.1. The van der Waals surface area contributed by atoms with Gasteiger partial charge in [0.05, 0.1) is 28.1 Å². The second-order valence-electron chi connectivity index (χ2n) is 8.53. The molecule has 3 heterocycles. The highest BCUT2D eigenvalue weighted by molar-refractivity contribution is 7.17. The van der Waals surface area contributed by atoms with Gasteiger partial charge in [-0.15, -0.1) is 0 Å². The van der Waals surface area contributed by atoms with Crippen LogP contribution in [0.4, 0.5) is 18.3 Å². The van der Waals surface area contributed by atoms with Crippen LogP contribution < -0.4 is 20.8 Å². The summed E-state index contributed by atoms with van der Waals surface area (Å²) in [4.78, 5) is 6.52. The molecule has 12 heteroatoms. The largest absolute Gasteiger partial charge is 0.492 e. The predicted molar refractivity (Wildman–Crippen MR) is 132 cm³/mol. The van der Waals surface area contributed by atoms with Crippen molar-refractivity contribution in [1.82, 2.24) is 10.3 Å². The van der Waals surface area contributed by atoms with Crippen molar-refractivity contribution in [2.45, 2.75) is 18.7 Å². The van der Waals surface area contributed by atoms with Gasteiger partial charge in [0, 0.05) is 43.2 Å². The molecule has 3 aromatic rings. The Bertz CT molecular complexity index is 1460. The Kier molecular flexibility index (Phi) is 6.73. The first-order chi connectivity index (χ1) is 17.2. The molecule has 0 bridgehead atoms. The summed E-state index contributed by atoms with van der Waals surface area (Å²) in [7, 11) is 0. The van der Waals surface area contributed by atoms with Gasteiger partial charge in [-0.3, -0.25) is 0 Å². The number of fused-ring (bicyclic) bond motifs is 1. The fraction of sp³-hybridized carbons (Fsp3) is 0.292. The molecule has 2 aromatic carbocycles. The van der Waals surface area contributed by atoms with E-state index >= 15 is 0 Å². The second kappa shape index (κ2) is 9.81. The van der Waals surface area contributed by atoms with E-state index in [2.05, 4.69) is 20.5 Å². The molecule has 2 aliphatic heterocycles. The number of benzene rings is 2. The minimum Gasteiger partial charge on any atom is -0.492 e. The number of alkyl halides is 3. The van der Waals surface area contributed by atoms with E-state index in [-0.39, 0.29) is 22.9 Å². The SMILES string of the molecule is Oc1nc(N2CCNCC(O)C2)sc1C(Cc1ccc(Cl)cc1C(F)(F)F)=c1ccc2c(c1)C=NN=2. The molecule has 5 rings (SSSR count). The molecule has 0 spiro atoms. The summed E-state index contributed by atoms with van der Waals surface area (Å²) in [5.74, 6) is -0.280. The van der Waals surface area contributed by atoms with Gasteiger partial charge in [0.15, 0.2) is 5.13 Å². The number of hydrogen-bond acceptors (Lipinski definition) is 8. The van der Waals surface area contributed by atoms with E-state index in [1.165, 1.54) is 23.5 Å². The third-order valence-electron chi connectivity index (χ3n) is 6.00. The summed E-state index contributed by atoms with van der Waals surface area (Å²) >= 11 is 7.06. The lowest BCUT2D eigenvalue weighted by Crippen LogP contribution is -2.32. The molecule has 0 amide bonds. The predicted octanol–water partition coefficient (Wildman–Crippen LogP) is 2.70. The maximum atomic E-state index is 13.9. The van der Waals surface area contributed by atoms with E-state index in [0.29, 0.717) is 52.3 Å². The molecular formula is C24H21ClF3N5O2S. The first-order valence-corrected chi connectivity index (χ1v) is 12.3. The molecule has 0 saturated carbocycles. The molecule has 3 N–H and O–H groups in total. The molecule has 0 radical (unpaired) electrons. The van der Waals surface area contributed by atoms with Gasteiger partial charge in [-0.2, -0.15) is 28.4 Å². The molecule has 36 heavy (non-hydrogen) atoms. The van der Waals surface area contributed by atoms with Crippen LogP contribution in [-0.2, 0) is 12.6 Å². The van der Waals surface area contributed by atoms with Gasteiger partial charge >= 0.3 is 6.18 Å². The van der Waals surface area contributed by atoms with E-state index in [4.69, 9.17) is 11.6 Å². The highest BCUT2D eigenvalue weighted by Crippen LogP contribution is 2.39. The summed E-state index contributed by atoms with van der Waals surface area (Å²) in [5.41, 5.74) is 0.379. The van der Waals surface area contributed by atoms with Crippen LogP contribution in [0.1, 0.15) is 21.6 Å². The van der Waals surface area contributed by atoms with Gasteiger partial charge < -0.3 is 20.4 Å². The monoisotopic (exact) mass is 535 g/mol. The molecule has 7 nitrogen and oxygen atoms in total. The molecule has 188 valence electrons. The zero-order valence-electron chi connectivity index (χ0n) is 18.8. The minimum absolute atomic E-state index is 0.0146. The number of nitrogens with zero attached hydrogens (tertiary/aromatic N) is 4. The molecule has 1 fully saturated rings. The van der Waals surface area contributed by atoms with Gasteiger partial charge in [0.2, 0.25) is 5.88 Å². The fourth-order valence-electron chi connectivity index (χ4n) is 4.26. The van der Waals surface area contributed by atoms with E-state index in [1.54, 1.807) is 24.4 Å². The zero-order valence-corrected chi connectivity index (χ0v) is 20.3. The van der Waals surface area contributed by atoms with E-state index in [1.807, 2.05) is 4.90 Å². The number of nitrogens with one attached hydrogen (secondary N) is 1. The van der Waals surface area contributed by atoms with Gasteiger partial charge in [-0.25, -0.2) is 0 Å². The van der Waals surface area contributed by atoms with Crippen molar-refractivity contribution in [2.24, 2.45) is 10.2 Å². The third kappa shape index (κ3) is 5.10. The fourth-order valence-corrected chi connectivity index (χ4v) is 5.49. The number of aliphatic hydroxyl groups excluding tert-OH is 1. The summed E-state index contributed by atoms with van der Waals surface area (Å²) in [5, 5.41) is 33.8. The standard InChI is InChI=1S/C24H21ClF3N5O2S/c25-16-3-1-14(19(9-16)24(26,27)28)8-18(13-2-4-20-15(7-13)10-30-32-20)21-22(35)31-23(36-21)33-6-5-29-11-17(34)12-33/h1-4,7,9-10,17,29,34-35H,5-6,8,11-12H2. The van der Waals surface area contributed by atoms with Crippen molar-refractivity contribution in [1.29, 1.82) is 0 Å². The lowest BCUT2D eigenvalue weighted by molar-refractivity contribution is -0.138. The van der Waals surface area contributed by atoms with Crippen LogP contribution >= 0.6 is 22.9 Å². The number of β-amino-alcohol motifs (C(OH)–C–C–N with tert-alkyl or cyclic N) is 1. The van der Waals surface area contributed by atoms with E-state index < -0.39 is 17.8 Å². The number of hydrogen-bond donors (Lipinski definition) is 3. The Labute approximate surface area is 212 Å². The second-order valence-corrected chi connectivity index (χ2v) is 9.94. The lowest BCUT2D eigenvalue weighted by atomic mass is 9.96. The molecule has 1 saturated heterocycles. The van der Waals surface area contributed by atoms with Crippen molar-refractivity contribution in [3.8, 4) is 5.88 Å². The van der Waals surface area contributed by atoms with Gasteiger partial charge in [0.25, 0.3) is 0 Å². The smallest absolute Gasteiger partial charge is 0.416 e. The van der Waals surface area contributed by atoms with Gasteiger partial charge in [-0.1, -0.05) is 35.1 Å². The molecule has 0 aliphatic carbocycles. The Morgan fingerprint density at radius 2 is 2.06 bits per heavy atom. The number of aromatic hydroxyl groups is 1. The van der Waals surface area contributed by atoms with Crippen molar-refractivity contribution >= 4 is 39.9 Å². The third-order valence-corrected chi connectivity index (χ3v) is 7.40. The normalized spacial score (nSPS) is 18.6. The van der Waals surface area contributed by atoms with Crippen LogP contribution in [0.25, 0.3) is 5.57 Å². The van der Waals surface area contributed by atoms with Crippen LogP contribution in [0.3, 0.4) is 0 Å². The average molecular weight is 536 g/mol. The summed E-state index contributed by atoms with van der Waals surface area (Å²) < 4.78 is 41.6. The van der Waals surface area contributed by atoms with E-state index in [9.17, 15) is 23.4 Å². The van der Waals surface area contributed by atoms with Crippen molar-refractivity contribution < 1.29 is 23.4 Å². The first kappa shape index (κ1) is 24.7. The Morgan fingerprint density at radius 1 is 1.22 bits per heavy atom. The van der Waals surface area contributed by atoms with E-state index in [0.717, 1.165) is 11.6 Å². The molecule has 2 aliphatic rings. The van der Waals surface area contributed by atoms with Crippen molar-refractivity contribution in [3.05, 3.63) is 73.6 Å². The van der Waals surface area contributed by atoms with Crippen LogP contribution in [-0.4, -0.2) is 53.7 Å². The maximum Gasteiger partial charge on any atom is 0.416 e. The lowest BCUT2D eigenvalue weighted by Gasteiger charge is -2.20. The quantitative estimate of drug-likeness (QED) is 0.478. The molecule has 1 aromatic heterocycles. The average Bonchev–Trinajstić information content (AvgIpc) is 3.39. The Morgan fingerprint density at radius 3 is 2.86 bits per heavy atom. The van der Waals surface area contributed by atoms with Crippen LogP contribution in [0.15, 0.2) is 46.6 Å². The van der Waals surface area contributed by atoms with Gasteiger partial charge in [0.1, 0.15) is 0 Å². The summed E-state index contributed by atoms with van der Waals surface area (Å²) in [6, 6.07) is 8.94. The summed E-state index contributed by atoms with van der Waals surface area (Å²) in [6.45, 7) is 1.94. The highest BCUT2D eigenvalue weighted by Gasteiger charge is 2.34. The zero-order chi connectivity index (χ0) is 25.4. The Balaban J connectivity index is 1.65. The van der Waals surface area contributed by atoms with Crippen molar-refractivity contribution in [2.75, 3.05) is 31.1 Å². The number of aliphatic hydroxyl groups is 1. The molecule has 1 unspecified atom stereocenters. The minimum atomic E-state index is -4.61. The highest BCUT2D eigenvalue weighted by atomic mass is 35.5. The van der Waals surface area contributed by atoms with Crippen LogP contribution in [0, 0.1) is 0 Å². The van der Waals surface area contributed by atoms with Gasteiger partial charge in [-0.05, 0) is 40.6 Å². The number of aromatic nitrogens is 1. The maximum absolute atomic E-state index is 13.9. The number of rotatable bonds is 4. The molecule has 1 atom stereocenters. The number of anilines is 1. The Hall–Kier alpha value is -2.99.